The number of piperazine rings is 1. The highest BCUT2D eigenvalue weighted by atomic mass is 35.5. The molecule has 0 radical (unpaired) electrons. The Morgan fingerprint density at radius 3 is 2.66 bits per heavy atom. The van der Waals surface area contributed by atoms with Crippen molar-refractivity contribution in [1.82, 2.24) is 14.9 Å². The molecule has 0 bridgehead atoms. The number of halogens is 1. The fourth-order valence-electron chi connectivity index (χ4n) is 4.44. The molecule has 1 N–H and O–H groups in total. The SMILES string of the molecule is O=c1[nH]c(C2=C[C@H](N3CCN(c4ccc(Cl)cc4)CC3)CC2)cc2ncccc12. The predicted octanol–water partition coefficient (Wildman–Crippen LogP) is 3.94. The summed E-state index contributed by atoms with van der Waals surface area (Å²) in [5.41, 5.74) is 4.06. The zero-order chi connectivity index (χ0) is 19.8. The van der Waals surface area contributed by atoms with E-state index in [0.717, 1.165) is 55.3 Å². The molecule has 5 rings (SSSR count). The smallest absolute Gasteiger partial charge is 0.257 e. The number of H-pyrrole nitrogens is 1. The van der Waals surface area contributed by atoms with Gasteiger partial charge in [-0.25, -0.2) is 0 Å². The average Bonchev–Trinajstić information content (AvgIpc) is 3.25. The van der Waals surface area contributed by atoms with E-state index in [2.05, 4.69) is 38.0 Å². The Kier molecular flexibility index (Phi) is 4.86. The fraction of sp³-hybridized carbons (Fsp3) is 0.304. The van der Waals surface area contributed by atoms with E-state index >= 15 is 0 Å². The zero-order valence-electron chi connectivity index (χ0n) is 16.1. The normalized spacial score (nSPS) is 20.2. The van der Waals surface area contributed by atoms with Crippen molar-refractivity contribution < 1.29 is 0 Å². The number of nitrogens with zero attached hydrogens (tertiary/aromatic N) is 3. The molecule has 148 valence electrons. The molecule has 0 spiro atoms. The van der Waals surface area contributed by atoms with E-state index in [1.54, 1.807) is 12.3 Å². The topological polar surface area (TPSA) is 52.2 Å². The number of aromatic nitrogens is 2. The van der Waals surface area contributed by atoms with Gasteiger partial charge in [0, 0.05) is 54.8 Å². The highest BCUT2D eigenvalue weighted by Gasteiger charge is 2.27. The molecule has 1 atom stereocenters. The Hall–Kier alpha value is -2.63. The molecule has 0 amide bonds. The maximum absolute atomic E-state index is 12.4. The van der Waals surface area contributed by atoms with E-state index in [1.807, 2.05) is 24.3 Å². The van der Waals surface area contributed by atoms with Crippen LogP contribution in [0.25, 0.3) is 16.5 Å². The molecular weight excluding hydrogens is 384 g/mol. The first kappa shape index (κ1) is 18.4. The van der Waals surface area contributed by atoms with Crippen LogP contribution in [0.5, 0.6) is 0 Å². The van der Waals surface area contributed by atoms with Crippen LogP contribution >= 0.6 is 11.6 Å². The third-order valence-electron chi connectivity index (χ3n) is 6.04. The summed E-state index contributed by atoms with van der Waals surface area (Å²) in [6.45, 7) is 4.09. The minimum Gasteiger partial charge on any atom is -0.369 e. The highest BCUT2D eigenvalue weighted by molar-refractivity contribution is 6.30. The number of allylic oxidation sites excluding steroid dienone is 1. The van der Waals surface area contributed by atoms with Gasteiger partial charge in [-0.3, -0.25) is 14.7 Å². The first-order valence-corrected chi connectivity index (χ1v) is 10.5. The number of hydrogen-bond acceptors (Lipinski definition) is 4. The van der Waals surface area contributed by atoms with Gasteiger partial charge in [0.2, 0.25) is 0 Å². The van der Waals surface area contributed by atoms with Crippen molar-refractivity contribution in [2.24, 2.45) is 0 Å². The number of aromatic amines is 1. The second-order valence-corrected chi connectivity index (χ2v) is 8.18. The van der Waals surface area contributed by atoms with Gasteiger partial charge in [-0.15, -0.1) is 0 Å². The summed E-state index contributed by atoms with van der Waals surface area (Å²) in [7, 11) is 0. The zero-order valence-corrected chi connectivity index (χ0v) is 16.9. The molecule has 6 heteroatoms. The summed E-state index contributed by atoms with van der Waals surface area (Å²) >= 11 is 6.01. The number of rotatable bonds is 3. The minimum atomic E-state index is -0.0634. The maximum atomic E-state index is 12.4. The second-order valence-electron chi connectivity index (χ2n) is 7.75. The number of nitrogens with one attached hydrogen (secondary N) is 1. The maximum Gasteiger partial charge on any atom is 0.257 e. The number of benzene rings is 1. The van der Waals surface area contributed by atoms with Crippen molar-refractivity contribution >= 4 is 33.8 Å². The molecule has 1 aliphatic heterocycles. The molecule has 3 heterocycles. The average molecular weight is 407 g/mol. The Morgan fingerprint density at radius 2 is 1.86 bits per heavy atom. The van der Waals surface area contributed by atoms with Crippen molar-refractivity contribution in [3.8, 4) is 0 Å². The van der Waals surface area contributed by atoms with E-state index in [9.17, 15) is 4.79 Å². The molecule has 2 aromatic heterocycles. The lowest BCUT2D eigenvalue weighted by molar-refractivity contribution is 0.214. The van der Waals surface area contributed by atoms with Crippen LogP contribution in [0.2, 0.25) is 5.02 Å². The van der Waals surface area contributed by atoms with E-state index in [0.29, 0.717) is 11.4 Å². The Bertz CT molecular complexity index is 1110. The van der Waals surface area contributed by atoms with Crippen LogP contribution in [-0.2, 0) is 0 Å². The van der Waals surface area contributed by atoms with Gasteiger partial charge in [0.25, 0.3) is 5.56 Å². The summed E-state index contributed by atoms with van der Waals surface area (Å²) in [6, 6.07) is 14.1. The van der Waals surface area contributed by atoms with Gasteiger partial charge >= 0.3 is 0 Å². The highest BCUT2D eigenvalue weighted by Crippen LogP contribution is 2.31. The molecule has 5 nitrogen and oxygen atoms in total. The van der Waals surface area contributed by atoms with Gasteiger partial charge in [0.05, 0.1) is 10.9 Å². The second kappa shape index (κ2) is 7.65. The van der Waals surface area contributed by atoms with Gasteiger partial charge in [-0.05, 0) is 60.9 Å². The van der Waals surface area contributed by atoms with E-state index in [4.69, 9.17) is 11.6 Å². The predicted molar refractivity (Wildman–Crippen MR) is 119 cm³/mol. The summed E-state index contributed by atoms with van der Waals surface area (Å²) in [5, 5.41) is 1.42. The van der Waals surface area contributed by atoms with Gasteiger partial charge < -0.3 is 9.88 Å². The van der Waals surface area contributed by atoms with Crippen molar-refractivity contribution in [2.75, 3.05) is 31.1 Å². The lowest BCUT2D eigenvalue weighted by Crippen LogP contribution is -2.49. The molecule has 1 aliphatic carbocycles. The van der Waals surface area contributed by atoms with Gasteiger partial charge in [-0.2, -0.15) is 0 Å². The largest absolute Gasteiger partial charge is 0.369 e. The summed E-state index contributed by atoms with van der Waals surface area (Å²) in [5.74, 6) is 0. The van der Waals surface area contributed by atoms with Crippen LogP contribution < -0.4 is 10.5 Å². The van der Waals surface area contributed by atoms with E-state index in [1.165, 1.54) is 11.3 Å². The summed E-state index contributed by atoms with van der Waals surface area (Å²) < 4.78 is 0. The van der Waals surface area contributed by atoms with Gasteiger partial charge in [0.15, 0.2) is 0 Å². The Morgan fingerprint density at radius 1 is 1.07 bits per heavy atom. The molecule has 2 aliphatic rings. The van der Waals surface area contributed by atoms with E-state index < -0.39 is 0 Å². The van der Waals surface area contributed by atoms with Gasteiger partial charge in [0.1, 0.15) is 0 Å². The molecule has 0 saturated carbocycles. The third-order valence-corrected chi connectivity index (χ3v) is 6.29. The Balaban J connectivity index is 1.29. The van der Waals surface area contributed by atoms with Crippen LogP contribution in [0, 0.1) is 0 Å². The first-order valence-electron chi connectivity index (χ1n) is 10.1. The molecule has 29 heavy (non-hydrogen) atoms. The van der Waals surface area contributed by atoms with Crippen molar-refractivity contribution in [2.45, 2.75) is 18.9 Å². The standard InChI is InChI=1S/C23H23ClN4O/c24-17-4-7-18(8-5-17)27-10-12-28(13-11-27)19-6-3-16(14-19)21-15-22-20(23(29)26-21)2-1-9-25-22/h1-2,4-5,7-9,14-15,19H,3,6,10-13H2,(H,26,29)/t19-/m1/s1. The number of pyridine rings is 2. The summed E-state index contributed by atoms with van der Waals surface area (Å²) in [6.07, 6.45) is 6.14. The summed E-state index contributed by atoms with van der Waals surface area (Å²) in [4.78, 5) is 24.8. The lowest BCUT2D eigenvalue weighted by Gasteiger charge is -2.38. The first-order chi connectivity index (χ1) is 14.2. The molecule has 1 saturated heterocycles. The number of anilines is 1. The lowest BCUT2D eigenvalue weighted by atomic mass is 10.1. The quantitative estimate of drug-likeness (QED) is 0.715. The third kappa shape index (κ3) is 3.68. The van der Waals surface area contributed by atoms with Crippen molar-refractivity contribution in [3.63, 3.8) is 0 Å². The monoisotopic (exact) mass is 406 g/mol. The van der Waals surface area contributed by atoms with Crippen molar-refractivity contribution in [1.29, 1.82) is 0 Å². The van der Waals surface area contributed by atoms with Crippen LogP contribution in [0.1, 0.15) is 18.5 Å². The number of fused-ring (bicyclic) bond motifs is 1. The van der Waals surface area contributed by atoms with Crippen molar-refractivity contribution in [3.05, 3.63) is 75.8 Å². The van der Waals surface area contributed by atoms with Crippen LogP contribution in [-0.4, -0.2) is 47.1 Å². The molecule has 1 fully saturated rings. The van der Waals surface area contributed by atoms with Gasteiger partial charge in [-0.1, -0.05) is 17.7 Å². The molecule has 0 unspecified atom stereocenters. The minimum absolute atomic E-state index is 0.0634. The Labute approximate surface area is 174 Å². The fourth-order valence-corrected chi connectivity index (χ4v) is 4.56. The van der Waals surface area contributed by atoms with Crippen LogP contribution in [0.3, 0.4) is 0 Å². The molecule has 3 aromatic rings. The number of hydrogen-bond donors (Lipinski definition) is 1. The molecular formula is C23H23ClN4O. The van der Waals surface area contributed by atoms with Crippen LogP contribution in [0.15, 0.2) is 59.5 Å². The van der Waals surface area contributed by atoms with E-state index in [-0.39, 0.29) is 5.56 Å². The molecule has 1 aromatic carbocycles. The van der Waals surface area contributed by atoms with Crippen LogP contribution in [0.4, 0.5) is 5.69 Å².